The molecule has 10 heavy (non-hydrogen) atoms. The standard InChI is InChI=1S/Al.3H2O2P/c;3*1-3-2/h;3*3H2/q+3;3*-1. The van der Waals surface area contributed by atoms with E-state index in [0.29, 0.717) is 0 Å². The van der Waals surface area contributed by atoms with Gasteiger partial charge in [-0.25, -0.2) is 0 Å². The molecule has 0 N–H and O–H groups in total. The normalized spacial score (nSPS) is 5.40. The molecular weight excluding hydrogens is 216 g/mol. The third kappa shape index (κ3) is 282. The van der Waals surface area contributed by atoms with Crippen LogP contribution in [0.3, 0.4) is 0 Å². The third-order valence-corrected chi connectivity index (χ3v) is 0. The van der Waals surface area contributed by atoms with Crippen molar-refractivity contribution >= 4 is 44.5 Å². The van der Waals surface area contributed by atoms with Gasteiger partial charge in [0.25, 0.3) is 0 Å². The predicted octanol–water partition coefficient (Wildman–Crippen LogP) is -6.54. The molecule has 0 aromatic heterocycles. The van der Waals surface area contributed by atoms with Crippen LogP contribution in [-0.4, -0.2) is 17.4 Å². The molecule has 0 aliphatic rings. The summed E-state index contributed by atoms with van der Waals surface area (Å²) < 4.78 is 0. The first-order valence-corrected chi connectivity index (χ1v) is 4.24. The Kier molecular flexibility index (Phi) is 104. The van der Waals surface area contributed by atoms with Crippen molar-refractivity contribution in [3.05, 3.63) is 0 Å². The van der Waals surface area contributed by atoms with Gasteiger partial charge in [0.15, 0.2) is 0 Å². The van der Waals surface area contributed by atoms with E-state index < -0.39 is 27.1 Å². The molecule has 0 heterocycles. The maximum atomic E-state index is 8.46. The zero-order chi connectivity index (χ0) is 8.12. The minimum Gasteiger partial charge on any atom is -0.687 e. The summed E-state index contributed by atoms with van der Waals surface area (Å²) in [6, 6.07) is 0. The molecule has 0 unspecified atom stereocenters. The van der Waals surface area contributed by atoms with Crippen molar-refractivity contribution < 1.29 is 29.4 Å². The fraction of sp³-hybridized carbons (Fsp3) is 0. The van der Waals surface area contributed by atoms with Crippen molar-refractivity contribution in [2.45, 2.75) is 0 Å². The molecule has 0 rings (SSSR count). The van der Waals surface area contributed by atoms with Gasteiger partial charge < -0.3 is 29.4 Å². The molecule has 0 amide bonds. The van der Waals surface area contributed by atoms with Crippen molar-refractivity contribution in [3.63, 3.8) is 0 Å². The van der Waals surface area contributed by atoms with Gasteiger partial charge in [0.05, 0.1) is 0 Å². The molecule has 0 fully saturated rings. The van der Waals surface area contributed by atoms with E-state index in [9.17, 15) is 0 Å². The molecule has 0 aromatic carbocycles. The summed E-state index contributed by atoms with van der Waals surface area (Å²) in [4.78, 5) is 50.8. The zero-order valence-electron chi connectivity index (χ0n) is 4.76. The first-order valence-electron chi connectivity index (χ1n) is 1.41. The van der Waals surface area contributed by atoms with E-state index in [0.717, 1.165) is 0 Å². The molecule has 0 aromatic rings. The van der Waals surface area contributed by atoms with Crippen LogP contribution in [0.15, 0.2) is 0 Å². The smallest absolute Gasteiger partial charge is 0.687 e. The van der Waals surface area contributed by atoms with E-state index >= 15 is 0 Å². The van der Waals surface area contributed by atoms with Crippen molar-refractivity contribution in [3.8, 4) is 0 Å². The Morgan fingerprint density at radius 2 is 0.500 bits per heavy atom. The van der Waals surface area contributed by atoms with Gasteiger partial charge in [-0.15, -0.1) is 27.1 Å². The average Bonchev–Trinajstić information content (AvgIpc) is 1.70. The Bertz CT molecular complexity index is 17.7. The van der Waals surface area contributed by atoms with Gasteiger partial charge in [0.1, 0.15) is 0 Å². The molecule has 0 aliphatic carbocycles. The molecule has 0 aliphatic heterocycles. The molecular formula is H6AlO6P3. The minimum atomic E-state index is -1.75. The summed E-state index contributed by atoms with van der Waals surface area (Å²) in [5, 5.41) is 0. The fourth-order valence-electron chi connectivity index (χ4n) is 0. The summed E-state index contributed by atoms with van der Waals surface area (Å²) in [6.07, 6.45) is 0. The van der Waals surface area contributed by atoms with Crippen molar-refractivity contribution in [2.75, 3.05) is 0 Å². The zero-order valence-corrected chi connectivity index (χ0v) is 9.38. The summed E-state index contributed by atoms with van der Waals surface area (Å²) in [7, 11) is -5.25. The van der Waals surface area contributed by atoms with Crippen LogP contribution in [0.25, 0.3) is 0 Å². The van der Waals surface area contributed by atoms with Crippen molar-refractivity contribution in [1.82, 2.24) is 0 Å². The van der Waals surface area contributed by atoms with E-state index in [2.05, 4.69) is 0 Å². The second kappa shape index (κ2) is 46.3. The first-order chi connectivity index (χ1) is 4.24. The SMILES string of the molecule is [Al+3].[O-][PH2+][O-].[O-][PH2+][O-].[O-][PH2+][O-]. The van der Waals surface area contributed by atoms with Gasteiger partial charge >= 0.3 is 17.4 Å². The summed E-state index contributed by atoms with van der Waals surface area (Å²) in [5.41, 5.74) is 0. The van der Waals surface area contributed by atoms with Gasteiger partial charge in [-0.3, -0.25) is 0 Å². The summed E-state index contributed by atoms with van der Waals surface area (Å²) in [6.45, 7) is 0. The molecule has 0 saturated carbocycles. The van der Waals surface area contributed by atoms with Gasteiger partial charge in [-0.2, -0.15) is 0 Å². The van der Waals surface area contributed by atoms with Crippen LogP contribution in [0, 0.1) is 0 Å². The number of hydrogen-bond acceptors (Lipinski definition) is 6. The van der Waals surface area contributed by atoms with Crippen LogP contribution in [0.4, 0.5) is 0 Å². The van der Waals surface area contributed by atoms with Crippen molar-refractivity contribution in [2.24, 2.45) is 0 Å². The number of rotatable bonds is 0. The summed E-state index contributed by atoms with van der Waals surface area (Å²) in [5.74, 6) is 0. The molecule has 0 spiro atoms. The third-order valence-electron chi connectivity index (χ3n) is 0. The molecule has 60 valence electrons. The Balaban J connectivity index is -0.0000000257. The van der Waals surface area contributed by atoms with Crippen LogP contribution in [-0.2, 0) is 0 Å². The first kappa shape index (κ1) is 22.6. The van der Waals surface area contributed by atoms with E-state index in [1.54, 1.807) is 0 Å². The fourth-order valence-corrected chi connectivity index (χ4v) is 0. The van der Waals surface area contributed by atoms with E-state index in [4.69, 9.17) is 29.4 Å². The van der Waals surface area contributed by atoms with E-state index in [-0.39, 0.29) is 17.4 Å². The molecule has 6 nitrogen and oxygen atoms in total. The quantitative estimate of drug-likeness (QED) is 0.295. The van der Waals surface area contributed by atoms with Gasteiger partial charge in [-0.05, 0) is 0 Å². The van der Waals surface area contributed by atoms with Gasteiger partial charge in [-0.1, -0.05) is 0 Å². The monoisotopic (exact) mass is 222 g/mol. The second-order valence-electron chi connectivity index (χ2n) is 0.289. The number of hydrogen-bond donors (Lipinski definition) is 0. The predicted molar refractivity (Wildman–Crippen MR) is 34.9 cm³/mol. The van der Waals surface area contributed by atoms with Gasteiger partial charge in [0, 0.05) is 0 Å². The van der Waals surface area contributed by atoms with E-state index in [1.165, 1.54) is 0 Å². The van der Waals surface area contributed by atoms with Crippen LogP contribution in [0.2, 0.25) is 0 Å². The Morgan fingerprint density at radius 3 is 0.500 bits per heavy atom. The van der Waals surface area contributed by atoms with Crippen LogP contribution >= 0.6 is 27.1 Å². The van der Waals surface area contributed by atoms with Crippen LogP contribution < -0.4 is 29.4 Å². The Hall–Kier alpha value is 1.58. The van der Waals surface area contributed by atoms with Crippen LogP contribution in [0.1, 0.15) is 0 Å². The van der Waals surface area contributed by atoms with Crippen LogP contribution in [0.5, 0.6) is 0 Å². The van der Waals surface area contributed by atoms with Crippen molar-refractivity contribution in [1.29, 1.82) is 0 Å². The molecule has 10 heteroatoms. The minimum absolute atomic E-state index is 0. The molecule has 0 bridgehead atoms. The molecule has 0 atom stereocenters. The Labute approximate surface area is 74.3 Å². The maximum Gasteiger partial charge on any atom is 3.00 e. The average molecular weight is 222 g/mol. The maximum absolute atomic E-state index is 8.46. The second-order valence-corrected chi connectivity index (χ2v) is 0.866. The molecule has 0 saturated heterocycles. The topological polar surface area (TPSA) is 138 Å². The summed E-state index contributed by atoms with van der Waals surface area (Å²) >= 11 is 0. The van der Waals surface area contributed by atoms with Gasteiger partial charge in [0.2, 0.25) is 0 Å². The molecule has 0 radical (unpaired) electrons. The van der Waals surface area contributed by atoms with E-state index in [1.807, 2.05) is 0 Å². The largest absolute Gasteiger partial charge is 3.00 e. The Morgan fingerprint density at radius 1 is 0.500 bits per heavy atom.